The topological polar surface area (TPSA) is 72.7 Å². The summed E-state index contributed by atoms with van der Waals surface area (Å²) in [6, 6.07) is 11.6. The monoisotopic (exact) mass is 443 g/mol. The molecular weight excluding hydrogens is 426 g/mol. The molecule has 0 saturated carbocycles. The SMILES string of the molecule is C=CCn1c(SCC(=O)Nc2ccc(Br)cn2)nnc1-c1ccccc1C. The molecule has 6 nitrogen and oxygen atoms in total. The highest BCUT2D eigenvalue weighted by atomic mass is 79.9. The van der Waals surface area contributed by atoms with Crippen LogP contribution in [0.25, 0.3) is 11.4 Å². The zero-order chi connectivity index (χ0) is 19.2. The van der Waals surface area contributed by atoms with Crippen molar-refractivity contribution in [3.63, 3.8) is 0 Å². The Kier molecular flexibility index (Phi) is 6.41. The van der Waals surface area contributed by atoms with Crippen LogP contribution in [0.5, 0.6) is 0 Å². The van der Waals surface area contributed by atoms with E-state index in [4.69, 9.17) is 0 Å². The van der Waals surface area contributed by atoms with Crippen LogP contribution < -0.4 is 5.32 Å². The Morgan fingerprint density at radius 3 is 2.81 bits per heavy atom. The summed E-state index contributed by atoms with van der Waals surface area (Å²) in [4.78, 5) is 16.3. The average Bonchev–Trinajstić information content (AvgIpc) is 3.05. The first-order valence-corrected chi connectivity index (χ1v) is 10.0. The van der Waals surface area contributed by atoms with E-state index in [-0.39, 0.29) is 11.7 Å². The largest absolute Gasteiger partial charge is 0.310 e. The van der Waals surface area contributed by atoms with Gasteiger partial charge in [-0.25, -0.2) is 4.98 Å². The van der Waals surface area contributed by atoms with Crippen LogP contribution in [0, 0.1) is 6.92 Å². The summed E-state index contributed by atoms with van der Waals surface area (Å²) in [5.41, 5.74) is 2.13. The lowest BCUT2D eigenvalue weighted by Crippen LogP contribution is -2.15. The van der Waals surface area contributed by atoms with Gasteiger partial charge >= 0.3 is 0 Å². The summed E-state index contributed by atoms with van der Waals surface area (Å²) in [6.07, 6.45) is 3.43. The second-order valence-corrected chi connectivity index (χ2v) is 7.58. The molecule has 0 radical (unpaired) electrons. The predicted molar refractivity (Wildman–Crippen MR) is 112 cm³/mol. The quantitative estimate of drug-likeness (QED) is 0.434. The van der Waals surface area contributed by atoms with Gasteiger partial charge in [-0.1, -0.05) is 42.1 Å². The fourth-order valence-electron chi connectivity index (χ4n) is 2.47. The molecule has 0 saturated heterocycles. The molecule has 0 aliphatic carbocycles. The Labute approximate surface area is 170 Å². The Balaban J connectivity index is 1.73. The van der Waals surface area contributed by atoms with E-state index in [2.05, 4.69) is 43.0 Å². The van der Waals surface area contributed by atoms with Gasteiger partial charge in [0.05, 0.1) is 5.75 Å². The Morgan fingerprint density at radius 1 is 1.30 bits per heavy atom. The highest BCUT2D eigenvalue weighted by molar-refractivity contribution is 9.10. The van der Waals surface area contributed by atoms with Crippen molar-refractivity contribution in [2.75, 3.05) is 11.1 Å². The van der Waals surface area contributed by atoms with Crippen LogP contribution in [0.2, 0.25) is 0 Å². The molecule has 0 spiro atoms. The number of aromatic nitrogens is 4. The summed E-state index contributed by atoms with van der Waals surface area (Å²) < 4.78 is 2.82. The number of benzene rings is 1. The van der Waals surface area contributed by atoms with E-state index in [9.17, 15) is 4.79 Å². The Bertz CT molecular complexity index is 955. The highest BCUT2D eigenvalue weighted by Gasteiger charge is 2.16. The van der Waals surface area contributed by atoms with Gasteiger partial charge in [0.25, 0.3) is 0 Å². The van der Waals surface area contributed by atoms with E-state index in [0.29, 0.717) is 17.5 Å². The van der Waals surface area contributed by atoms with Crippen LogP contribution in [-0.4, -0.2) is 31.4 Å². The molecule has 0 bridgehead atoms. The van der Waals surface area contributed by atoms with E-state index >= 15 is 0 Å². The molecule has 27 heavy (non-hydrogen) atoms. The second kappa shape index (κ2) is 8.96. The third-order valence-electron chi connectivity index (χ3n) is 3.74. The van der Waals surface area contributed by atoms with E-state index < -0.39 is 0 Å². The summed E-state index contributed by atoms with van der Waals surface area (Å²) in [5.74, 6) is 1.34. The molecule has 0 aliphatic heterocycles. The number of anilines is 1. The lowest BCUT2D eigenvalue weighted by Gasteiger charge is -2.09. The molecular formula is C19H18BrN5OS. The second-order valence-electron chi connectivity index (χ2n) is 5.72. The first-order valence-electron chi connectivity index (χ1n) is 8.23. The molecule has 1 aromatic carbocycles. The molecule has 3 rings (SSSR count). The maximum atomic E-state index is 12.2. The third-order valence-corrected chi connectivity index (χ3v) is 5.18. The molecule has 2 heterocycles. The highest BCUT2D eigenvalue weighted by Crippen LogP contribution is 2.26. The fourth-order valence-corrected chi connectivity index (χ4v) is 3.45. The first kappa shape index (κ1) is 19.3. The standard InChI is InChI=1S/C19H18BrN5OS/c1-3-10-25-18(15-7-5-4-6-13(15)2)23-24-19(25)27-12-17(26)22-16-9-8-14(20)11-21-16/h3-9,11H,1,10,12H2,2H3,(H,21,22,26). The number of aryl methyl sites for hydroxylation is 1. The van der Waals surface area contributed by atoms with E-state index in [1.54, 1.807) is 18.3 Å². The lowest BCUT2D eigenvalue weighted by atomic mass is 10.1. The number of carbonyl (C=O) groups is 1. The molecule has 0 fully saturated rings. The van der Waals surface area contributed by atoms with Gasteiger partial charge in [-0.05, 0) is 40.5 Å². The predicted octanol–water partition coefficient (Wildman–Crippen LogP) is 4.33. The van der Waals surface area contributed by atoms with E-state index in [1.807, 2.05) is 41.8 Å². The summed E-state index contributed by atoms with van der Waals surface area (Å²) in [7, 11) is 0. The molecule has 3 aromatic rings. The number of carbonyl (C=O) groups excluding carboxylic acids is 1. The lowest BCUT2D eigenvalue weighted by molar-refractivity contribution is -0.113. The molecule has 138 valence electrons. The van der Waals surface area contributed by atoms with Crippen molar-refractivity contribution in [2.45, 2.75) is 18.6 Å². The molecule has 2 aromatic heterocycles. The molecule has 1 amide bonds. The van der Waals surface area contributed by atoms with Crippen molar-refractivity contribution in [2.24, 2.45) is 0 Å². The van der Waals surface area contributed by atoms with Crippen molar-refractivity contribution in [1.29, 1.82) is 0 Å². The van der Waals surface area contributed by atoms with Gasteiger partial charge in [-0.2, -0.15) is 0 Å². The average molecular weight is 444 g/mol. The number of allylic oxidation sites excluding steroid dienone is 1. The van der Waals surface area contributed by atoms with Crippen LogP contribution in [0.3, 0.4) is 0 Å². The van der Waals surface area contributed by atoms with Crippen LogP contribution in [-0.2, 0) is 11.3 Å². The fraction of sp³-hybridized carbons (Fsp3) is 0.158. The van der Waals surface area contributed by atoms with Crippen LogP contribution in [0.4, 0.5) is 5.82 Å². The number of thioether (sulfide) groups is 1. The molecule has 8 heteroatoms. The Morgan fingerprint density at radius 2 is 2.11 bits per heavy atom. The van der Waals surface area contributed by atoms with Crippen molar-refractivity contribution < 1.29 is 4.79 Å². The number of halogens is 1. The number of nitrogens with zero attached hydrogens (tertiary/aromatic N) is 4. The summed E-state index contributed by atoms with van der Waals surface area (Å²) >= 11 is 4.65. The number of pyridine rings is 1. The third kappa shape index (κ3) is 4.84. The van der Waals surface area contributed by atoms with Crippen molar-refractivity contribution >= 4 is 39.4 Å². The number of amides is 1. The summed E-state index contributed by atoms with van der Waals surface area (Å²) in [5, 5.41) is 12.0. The molecule has 0 atom stereocenters. The minimum absolute atomic E-state index is 0.152. The normalized spacial score (nSPS) is 10.6. The van der Waals surface area contributed by atoms with Crippen LogP contribution in [0.15, 0.2) is 64.9 Å². The zero-order valence-corrected chi connectivity index (χ0v) is 17.1. The molecule has 1 N–H and O–H groups in total. The van der Waals surface area contributed by atoms with Crippen molar-refractivity contribution in [3.05, 3.63) is 65.3 Å². The number of nitrogens with one attached hydrogen (secondary N) is 1. The number of hydrogen-bond acceptors (Lipinski definition) is 5. The minimum atomic E-state index is -0.152. The zero-order valence-electron chi connectivity index (χ0n) is 14.7. The maximum Gasteiger partial charge on any atom is 0.236 e. The first-order chi connectivity index (χ1) is 13.1. The van der Waals surface area contributed by atoms with Crippen LogP contribution in [0.1, 0.15) is 5.56 Å². The van der Waals surface area contributed by atoms with Crippen molar-refractivity contribution in [3.8, 4) is 11.4 Å². The van der Waals surface area contributed by atoms with Crippen LogP contribution >= 0.6 is 27.7 Å². The van der Waals surface area contributed by atoms with Gasteiger partial charge in [0.2, 0.25) is 5.91 Å². The van der Waals surface area contributed by atoms with Gasteiger partial charge in [-0.15, -0.1) is 16.8 Å². The smallest absolute Gasteiger partial charge is 0.236 e. The van der Waals surface area contributed by atoms with Gasteiger partial charge in [-0.3, -0.25) is 9.36 Å². The Hall–Kier alpha value is -2.45. The van der Waals surface area contributed by atoms with Gasteiger partial charge in [0.15, 0.2) is 11.0 Å². The minimum Gasteiger partial charge on any atom is -0.310 e. The number of hydrogen-bond donors (Lipinski definition) is 1. The summed E-state index contributed by atoms with van der Waals surface area (Å²) in [6.45, 7) is 6.41. The van der Waals surface area contributed by atoms with Gasteiger partial charge in [0, 0.05) is 22.8 Å². The molecule has 0 unspecified atom stereocenters. The van der Waals surface area contributed by atoms with Gasteiger partial charge < -0.3 is 5.32 Å². The maximum absolute atomic E-state index is 12.2. The van der Waals surface area contributed by atoms with E-state index in [0.717, 1.165) is 21.4 Å². The van der Waals surface area contributed by atoms with Gasteiger partial charge in [0.1, 0.15) is 5.82 Å². The number of rotatable bonds is 7. The molecule has 0 aliphatic rings. The van der Waals surface area contributed by atoms with Crippen molar-refractivity contribution in [1.82, 2.24) is 19.7 Å². The van der Waals surface area contributed by atoms with E-state index in [1.165, 1.54) is 11.8 Å².